The van der Waals surface area contributed by atoms with E-state index in [1.165, 1.54) is 0 Å². The van der Waals surface area contributed by atoms with E-state index >= 15 is 0 Å². The van der Waals surface area contributed by atoms with E-state index < -0.39 is 0 Å². The van der Waals surface area contributed by atoms with Gasteiger partial charge in [-0.25, -0.2) is 4.98 Å². The van der Waals surface area contributed by atoms with Gasteiger partial charge < -0.3 is 9.47 Å². The van der Waals surface area contributed by atoms with E-state index in [0.29, 0.717) is 0 Å². The fourth-order valence-corrected chi connectivity index (χ4v) is 2.86. The molecule has 2 aromatic carbocycles. The summed E-state index contributed by atoms with van der Waals surface area (Å²) in [6, 6.07) is 15.8. The minimum Gasteiger partial charge on any atom is -0.497 e. The molecule has 0 atom stereocenters. The molecule has 0 bridgehead atoms. The molecule has 0 aliphatic rings. The van der Waals surface area contributed by atoms with Crippen LogP contribution in [0.4, 0.5) is 0 Å². The van der Waals surface area contributed by atoms with Gasteiger partial charge in [-0.3, -0.25) is 0 Å². The van der Waals surface area contributed by atoms with Crippen LogP contribution in [0.25, 0.3) is 22.2 Å². The summed E-state index contributed by atoms with van der Waals surface area (Å²) in [5, 5.41) is 1.03. The molecule has 0 N–H and O–H groups in total. The largest absolute Gasteiger partial charge is 0.497 e. The average Bonchev–Trinajstić information content (AvgIpc) is 2.55. The molecule has 0 aliphatic heterocycles. The monoisotopic (exact) mass is 343 g/mol. The Morgan fingerprint density at radius 1 is 0.857 bits per heavy atom. The van der Waals surface area contributed by atoms with E-state index in [1.807, 2.05) is 42.5 Å². The number of nitrogens with zero attached hydrogens (tertiary/aromatic N) is 1. The molecule has 21 heavy (non-hydrogen) atoms. The van der Waals surface area contributed by atoms with Crippen molar-refractivity contribution in [2.45, 2.75) is 0 Å². The Balaban J connectivity index is 2.08. The van der Waals surface area contributed by atoms with Crippen LogP contribution in [-0.2, 0) is 0 Å². The second kappa shape index (κ2) is 5.74. The number of hydrogen-bond acceptors (Lipinski definition) is 3. The first-order valence-electron chi connectivity index (χ1n) is 6.50. The van der Waals surface area contributed by atoms with Gasteiger partial charge in [0.05, 0.1) is 29.9 Å². The highest BCUT2D eigenvalue weighted by Gasteiger charge is 2.08. The van der Waals surface area contributed by atoms with Gasteiger partial charge >= 0.3 is 0 Å². The molecule has 3 rings (SSSR count). The zero-order valence-corrected chi connectivity index (χ0v) is 13.3. The van der Waals surface area contributed by atoms with Crippen LogP contribution in [-0.4, -0.2) is 19.2 Å². The minimum absolute atomic E-state index is 0.807. The normalized spacial score (nSPS) is 10.6. The maximum atomic E-state index is 5.30. The maximum Gasteiger partial charge on any atom is 0.133 e. The number of hydrogen-bond donors (Lipinski definition) is 0. The second-order valence-corrected chi connectivity index (χ2v) is 5.37. The predicted molar refractivity (Wildman–Crippen MR) is 88.0 cm³/mol. The number of benzene rings is 2. The van der Waals surface area contributed by atoms with Gasteiger partial charge in [0, 0.05) is 10.9 Å². The Bertz CT molecular complexity index is 785. The highest BCUT2D eigenvalue weighted by molar-refractivity contribution is 9.10. The van der Waals surface area contributed by atoms with Crippen LogP contribution in [0.2, 0.25) is 0 Å². The second-order valence-electron chi connectivity index (χ2n) is 4.57. The number of rotatable bonds is 3. The fraction of sp³-hybridized carbons (Fsp3) is 0.118. The molecule has 0 saturated heterocycles. The van der Waals surface area contributed by atoms with Crippen molar-refractivity contribution in [2.24, 2.45) is 0 Å². The summed E-state index contributed by atoms with van der Waals surface area (Å²) in [5.41, 5.74) is 2.92. The van der Waals surface area contributed by atoms with Gasteiger partial charge in [0.15, 0.2) is 0 Å². The van der Waals surface area contributed by atoms with E-state index in [4.69, 9.17) is 14.5 Å². The molecule has 0 unspecified atom stereocenters. The van der Waals surface area contributed by atoms with Crippen molar-refractivity contribution >= 4 is 26.8 Å². The van der Waals surface area contributed by atoms with Crippen LogP contribution in [0.1, 0.15) is 0 Å². The first-order valence-corrected chi connectivity index (χ1v) is 7.30. The fourth-order valence-electron chi connectivity index (χ4n) is 2.23. The first-order chi connectivity index (χ1) is 10.2. The molecule has 3 aromatic rings. The number of methoxy groups -OCH3 is 2. The lowest BCUT2D eigenvalue weighted by molar-refractivity contribution is 0.413. The summed E-state index contributed by atoms with van der Waals surface area (Å²) in [6.07, 6.45) is 0. The summed E-state index contributed by atoms with van der Waals surface area (Å²) in [7, 11) is 3.32. The Morgan fingerprint density at radius 3 is 2.29 bits per heavy atom. The molecule has 106 valence electrons. The molecule has 0 amide bonds. The molecule has 0 fully saturated rings. The molecule has 3 nitrogen and oxygen atoms in total. The van der Waals surface area contributed by atoms with E-state index in [2.05, 4.69) is 22.0 Å². The smallest absolute Gasteiger partial charge is 0.133 e. The van der Waals surface area contributed by atoms with E-state index in [1.54, 1.807) is 14.2 Å². The Labute approximate surface area is 131 Å². The number of aromatic nitrogens is 1. The molecule has 0 radical (unpaired) electrons. The third-order valence-electron chi connectivity index (χ3n) is 3.38. The van der Waals surface area contributed by atoms with Gasteiger partial charge in [0.2, 0.25) is 0 Å². The van der Waals surface area contributed by atoms with Gasteiger partial charge in [-0.15, -0.1) is 0 Å². The average molecular weight is 344 g/mol. The summed E-state index contributed by atoms with van der Waals surface area (Å²) in [5.74, 6) is 1.65. The predicted octanol–water partition coefficient (Wildman–Crippen LogP) is 4.68. The molecule has 4 heteroatoms. The van der Waals surface area contributed by atoms with Crippen LogP contribution in [0.3, 0.4) is 0 Å². The van der Waals surface area contributed by atoms with E-state index in [-0.39, 0.29) is 0 Å². The van der Waals surface area contributed by atoms with Gasteiger partial charge in [0.1, 0.15) is 11.5 Å². The molecule has 0 spiro atoms. The summed E-state index contributed by atoms with van der Waals surface area (Å²) in [4.78, 5) is 4.71. The maximum absolute atomic E-state index is 5.30. The van der Waals surface area contributed by atoms with Crippen LogP contribution in [0.15, 0.2) is 53.0 Å². The standard InChI is InChI=1S/C17H14BrNO2/c1-20-12-5-3-11(4-6-12)14-8-7-13-15(19-14)9-10-16(21-2)17(13)18/h3-10H,1-2H3. The Morgan fingerprint density at radius 2 is 1.62 bits per heavy atom. The van der Waals surface area contributed by atoms with Crippen LogP contribution >= 0.6 is 15.9 Å². The van der Waals surface area contributed by atoms with Gasteiger partial charge in [0.25, 0.3) is 0 Å². The van der Waals surface area contributed by atoms with Crippen molar-refractivity contribution in [3.05, 3.63) is 53.0 Å². The zero-order valence-electron chi connectivity index (χ0n) is 11.8. The highest BCUT2D eigenvalue weighted by Crippen LogP contribution is 2.33. The molecule has 0 aliphatic carbocycles. The molecular formula is C17H14BrNO2. The summed E-state index contributed by atoms with van der Waals surface area (Å²) < 4.78 is 11.4. The van der Waals surface area contributed by atoms with Gasteiger partial charge in [-0.1, -0.05) is 0 Å². The van der Waals surface area contributed by atoms with Crippen molar-refractivity contribution in [2.75, 3.05) is 14.2 Å². The first kappa shape index (κ1) is 13.9. The van der Waals surface area contributed by atoms with Gasteiger partial charge in [-0.2, -0.15) is 0 Å². The Hall–Kier alpha value is -2.07. The third-order valence-corrected chi connectivity index (χ3v) is 4.19. The third kappa shape index (κ3) is 2.59. The highest BCUT2D eigenvalue weighted by atomic mass is 79.9. The lowest BCUT2D eigenvalue weighted by Gasteiger charge is -2.08. The molecular weight excluding hydrogens is 330 g/mol. The van der Waals surface area contributed by atoms with Crippen molar-refractivity contribution in [1.29, 1.82) is 0 Å². The van der Waals surface area contributed by atoms with Crippen molar-refractivity contribution in [3.8, 4) is 22.8 Å². The Kier molecular flexibility index (Phi) is 3.80. The van der Waals surface area contributed by atoms with E-state index in [9.17, 15) is 0 Å². The van der Waals surface area contributed by atoms with Crippen LogP contribution in [0.5, 0.6) is 11.5 Å². The number of pyridine rings is 1. The topological polar surface area (TPSA) is 31.4 Å². The molecule has 0 saturated carbocycles. The van der Waals surface area contributed by atoms with Crippen molar-refractivity contribution < 1.29 is 9.47 Å². The van der Waals surface area contributed by atoms with Crippen LogP contribution in [0, 0.1) is 0 Å². The van der Waals surface area contributed by atoms with E-state index in [0.717, 1.165) is 38.1 Å². The number of ether oxygens (including phenoxy) is 2. The zero-order chi connectivity index (χ0) is 14.8. The summed E-state index contributed by atoms with van der Waals surface area (Å²) >= 11 is 3.56. The van der Waals surface area contributed by atoms with Crippen molar-refractivity contribution in [3.63, 3.8) is 0 Å². The lowest BCUT2D eigenvalue weighted by Crippen LogP contribution is -1.89. The number of fused-ring (bicyclic) bond motifs is 1. The molecule has 1 aromatic heterocycles. The summed E-state index contributed by atoms with van der Waals surface area (Å²) in [6.45, 7) is 0. The quantitative estimate of drug-likeness (QED) is 0.691. The van der Waals surface area contributed by atoms with Gasteiger partial charge in [-0.05, 0) is 64.5 Å². The van der Waals surface area contributed by atoms with Crippen molar-refractivity contribution in [1.82, 2.24) is 4.98 Å². The van der Waals surface area contributed by atoms with Crippen LogP contribution < -0.4 is 9.47 Å². The molecule has 1 heterocycles. The SMILES string of the molecule is COc1ccc(-c2ccc3c(Br)c(OC)ccc3n2)cc1. The number of halogens is 1. The lowest BCUT2D eigenvalue weighted by atomic mass is 10.1. The minimum atomic E-state index is 0.807.